The summed E-state index contributed by atoms with van der Waals surface area (Å²) in [7, 11) is -1.82. The van der Waals surface area contributed by atoms with Crippen LogP contribution in [0.1, 0.15) is 80.6 Å². The highest BCUT2D eigenvalue weighted by Crippen LogP contribution is 2.50. The van der Waals surface area contributed by atoms with Gasteiger partial charge in [-0.3, -0.25) is 4.79 Å². The van der Waals surface area contributed by atoms with Crippen LogP contribution in [0.15, 0.2) is 23.3 Å². The molecule has 2 aliphatic carbocycles. The summed E-state index contributed by atoms with van der Waals surface area (Å²) in [6.07, 6.45) is 9.23. The zero-order valence-electron chi connectivity index (χ0n) is 19.8. The number of rotatable bonds is 5. The van der Waals surface area contributed by atoms with Crippen molar-refractivity contribution in [2.45, 2.75) is 117 Å². The second-order valence-corrected chi connectivity index (χ2v) is 15.0. The third kappa shape index (κ3) is 4.09. The lowest BCUT2D eigenvalue weighted by Gasteiger charge is -2.51. The average Bonchev–Trinajstić information content (AvgIpc) is 2.69. The monoisotopic (exact) mass is 418 g/mol. The molecular formula is C25H42O3Si. The van der Waals surface area contributed by atoms with Gasteiger partial charge in [-0.2, -0.15) is 0 Å². The summed E-state index contributed by atoms with van der Waals surface area (Å²) in [4.78, 5) is 13.7. The van der Waals surface area contributed by atoms with E-state index in [-0.39, 0.29) is 23.2 Å². The zero-order valence-corrected chi connectivity index (χ0v) is 20.8. The second-order valence-electron chi connectivity index (χ2n) is 10.3. The van der Waals surface area contributed by atoms with E-state index in [4.69, 9.17) is 9.16 Å². The van der Waals surface area contributed by atoms with Crippen LogP contribution in [0.3, 0.4) is 0 Å². The summed E-state index contributed by atoms with van der Waals surface area (Å²) in [6, 6.07) is 3.34. The molecule has 4 heteroatoms. The number of ether oxygens (including phenoxy) is 1. The third-order valence-electron chi connectivity index (χ3n) is 8.61. The van der Waals surface area contributed by atoms with E-state index in [9.17, 15) is 4.79 Å². The molecule has 4 aliphatic rings. The number of hydrogen-bond donors (Lipinski definition) is 0. The van der Waals surface area contributed by atoms with Crippen LogP contribution in [0.25, 0.3) is 0 Å². The first-order valence-electron chi connectivity index (χ1n) is 11.9. The van der Waals surface area contributed by atoms with Gasteiger partial charge in [0, 0.05) is 11.0 Å². The zero-order chi connectivity index (χ0) is 21.4. The molecule has 4 bridgehead atoms. The first-order valence-corrected chi connectivity index (χ1v) is 14.4. The summed E-state index contributed by atoms with van der Waals surface area (Å²) < 4.78 is 13.8. The molecule has 0 aromatic rings. The largest absolute Gasteiger partial charge is 0.408 e. The molecule has 0 spiro atoms. The fraction of sp³-hybridized carbons (Fsp3) is 0.800. The van der Waals surface area contributed by atoms with E-state index >= 15 is 0 Å². The molecule has 0 aromatic heterocycles. The van der Waals surface area contributed by atoms with Gasteiger partial charge in [0.05, 0.1) is 17.8 Å². The number of carbonyl (C=O) groups is 1. The van der Waals surface area contributed by atoms with Crippen molar-refractivity contribution in [1.29, 1.82) is 0 Å². The quantitative estimate of drug-likeness (QED) is 0.373. The van der Waals surface area contributed by atoms with E-state index in [0.29, 0.717) is 11.7 Å². The fourth-order valence-electron chi connectivity index (χ4n) is 5.59. The fourth-order valence-corrected chi connectivity index (χ4v) is 8.44. The molecule has 0 aromatic carbocycles. The molecule has 1 fully saturated rings. The van der Waals surface area contributed by atoms with E-state index in [2.05, 4.69) is 60.6 Å². The molecule has 164 valence electrons. The molecule has 0 saturated heterocycles. The Hall–Kier alpha value is -0.713. The highest BCUT2D eigenvalue weighted by molar-refractivity contribution is 6.73. The van der Waals surface area contributed by atoms with Crippen LogP contribution in [0.2, 0.25) is 18.1 Å². The lowest BCUT2D eigenvalue weighted by molar-refractivity contribution is -0.160. The Morgan fingerprint density at radius 1 is 1.17 bits per heavy atom. The summed E-state index contributed by atoms with van der Waals surface area (Å²) >= 11 is 0. The van der Waals surface area contributed by atoms with Gasteiger partial charge in [0.1, 0.15) is 0 Å². The number of fused-ring (bicyclic) bond motifs is 6. The number of hydrogen-bond acceptors (Lipinski definition) is 3. The van der Waals surface area contributed by atoms with Gasteiger partial charge >= 0.3 is 0 Å². The molecule has 29 heavy (non-hydrogen) atoms. The van der Waals surface area contributed by atoms with Crippen LogP contribution in [-0.4, -0.2) is 31.9 Å². The van der Waals surface area contributed by atoms with Gasteiger partial charge in [0.2, 0.25) is 0 Å². The molecular weight excluding hydrogens is 376 g/mol. The highest BCUT2D eigenvalue weighted by Gasteiger charge is 2.53. The lowest BCUT2D eigenvalue weighted by atomic mass is 9.61. The maximum absolute atomic E-state index is 13.7. The minimum absolute atomic E-state index is 0.0686. The summed E-state index contributed by atoms with van der Waals surface area (Å²) in [5, 5.41) is 0. The van der Waals surface area contributed by atoms with Crippen molar-refractivity contribution in [1.82, 2.24) is 0 Å². The van der Waals surface area contributed by atoms with Crippen LogP contribution in [0, 0.1) is 11.3 Å². The lowest BCUT2D eigenvalue weighted by Crippen LogP contribution is -2.57. The van der Waals surface area contributed by atoms with E-state index in [1.54, 1.807) is 0 Å². The van der Waals surface area contributed by atoms with E-state index in [0.717, 1.165) is 55.8 Å². The first kappa shape index (κ1) is 23.0. The number of carbonyl (C=O) groups excluding carboxylic acids is 1. The van der Waals surface area contributed by atoms with Gasteiger partial charge in [-0.05, 0) is 76.1 Å². The maximum atomic E-state index is 13.7. The molecule has 0 unspecified atom stereocenters. The molecule has 0 amide bonds. The molecule has 2 heterocycles. The highest BCUT2D eigenvalue weighted by atomic mass is 28.4. The number of ketones is 1. The van der Waals surface area contributed by atoms with Crippen molar-refractivity contribution in [2.24, 2.45) is 11.3 Å². The van der Waals surface area contributed by atoms with Crippen molar-refractivity contribution in [2.75, 3.05) is 0 Å². The number of Topliss-reactive ketones (excluding diaryl/α,β-unsaturated/α-hetero) is 1. The van der Waals surface area contributed by atoms with Crippen LogP contribution in [0.5, 0.6) is 0 Å². The normalized spacial score (nSPS) is 40.1. The summed E-state index contributed by atoms with van der Waals surface area (Å²) in [6.45, 7) is 15.7. The van der Waals surface area contributed by atoms with Gasteiger partial charge in [-0.25, -0.2) is 0 Å². The standard InChI is InChI=1S/C25H42O3Si/c1-8-29(9-2,10-3)28-22-17-20-21-16-19(5)24(6,23(20)26)15-13-18(4)12-11-14-25(22,7)27-21/h12,17,19,21-22H,8-11,13-16H2,1-7H3/b18-12+/t19-,21-,22-,24+,25+/m1/s1. The van der Waals surface area contributed by atoms with E-state index < -0.39 is 8.32 Å². The van der Waals surface area contributed by atoms with Crippen molar-refractivity contribution in [3.8, 4) is 0 Å². The van der Waals surface area contributed by atoms with Crippen molar-refractivity contribution in [3.05, 3.63) is 23.3 Å². The van der Waals surface area contributed by atoms with Gasteiger partial charge in [0.25, 0.3) is 0 Å². The predicted molar refractivity (Wildman–Crippen MR) is 123 cm³/mol. The molecule has 3 nitrogen and oxygen atoms in total. The van der Waals surface area contributed by atoms with Crippen LogP contribution < -0.4 is 0 Å². The second kappa shape index (κ2) is 8.43. The van der Waals surface area contributed by atoms with Gasteiger partial charge in [-0.15, -0.1) is 0 Å². The minimum Gasteiger partial charge on any atom is -0.408 e. The van der Waals surface area contributed by atoms with Crippen LogP contribution >= 0.6 is 0 Å². The van der Waals surface area contributed by atoms with Crippen LogP contribution in [0.4, 0.5) is 0 Å². The van der Waals surface area contributed by atoms with Crippen molar-refractivity contribution < 1.29 is 14.0 Å². The van der Waals surface area contributed by atoms with Crippen molar-refractivity contribution >= 4 is 14.1 Å². The predicted octanol–water partition coefficient (Wildman–Crippen LogP) is 6.60. The summed E-state index contributed by atoms with van der Waals surface area (Å²) in [5.74, 6) is 0.642. The Balaban J connectivity index is 2.08. The Kier molecular flexibility index (Phi) is 6.68. The van der Waals surface area contributed by atoms with Crippen molar-refractivity contribution in [3.63, 3.8) is 0 Å². The van der Waals surface area contributed by atoms with Gasteiger partial charge < -0.3 is 9.16 Å². The molecule has 2 aliphatic heterocycles. The summed E-state index contributed by atoms with van der Waals surface area (Å²) in [5.41, 5.74) is 1.64. The maximum Gasteiger partial charge on any atom is 0.193 e. The number of allylic oxidation sites excluding steroid dienone is 2. The average molecular weight is 419 g/mol. The Labute approximate surface area is 179 Å². The van der Waals surface area contributed by atoms with Crippen LogP contribution in [-0.2, 0) is 14.0 Å². The Morgan fingerprint density at radius 3 is 2.45 bits per heavy atom. The SMILES string of the molecule is CC[Si](CC)(CC)O[C@@H]1C=C2C(=O)[C@@]3(C)CC/C(C)=C/CC[C@]1(C)O[C@@H]2C[C@H]3C. The van der Waals surface area contributed by atoms with E-state index in [1.807, 2.05) is 0 Å². The molecule has 5 atom stereocenters. The van der Waals surface area contributed by atoms with Gasteiger partial charge in [0.15, 0.2) is 14.1 Å². The topological polar surface area (TPSA) is 35.5 Å². The minimum atomic E-state index is -1.82. The van der Waals surface area contributed by atoms with Gasteiger partial charge in [-0.1, -0.05) is 46.3 Å². The molecule has 0 radical (unpaired) electrons. The smallest absolute Gasteiger partial charge is 0.193 e. The molecule has 0 N–H and O–H groups in total. The third-order valence-corrected chi connectivity index (χ3v) is 13.2. The Bertz CT molecular complexity index is 684. The van der Waals surface area contributed by atoms with E-state index in [1.165, 1.54) is 5.57 Å². The molecule has 4 rings (SSSR count). The first-order chi connectivity index (χ1) is 13.6. The Morgan fingerprint density at radius 2 is 1.83 bits per heavy atom. The molecule has 1 saturated carbocycles.